The molecule has 0 aliphatic rings. The molecule has 2 aromatic rings. The second-order valence-electron chi connectivity index (χ2n) is 4.72. The Bertz CT molecular complexity index is 503. The molecule has 0 atom stereocenters. The van der Waals surface area contributed by atoms with Crippen LogP contribution in [0.4, 0.5) is 0 Å². The molecule has 0 bridgehead atoms. The second-order valence-corrected chi connectivity index (χ2v) is 4.72. The van der Waals surface area contributed by atoms with Crippen LogP contribution < -0.4 is 4.74 Å². The molecule has 0 spiro atoms. The van der Waals surface area contributed by atoms with E-state index in [1.165, 1.54) is 0 Å². The first-order valence-corrected chi connectivity index (χ1v) is 6.32. The number of hydrogen-bond acceptors (Lipinski definition) is 3. The number of aromatic hydroxyl groups is 1. The number of hydrogen-bond donors (Lipinski definition) is 1. The third-order valence-corrected chi connectivity index (χ3v) is 2.86. The Hall–Kier alpha value is -2.00. The van der Waals surface area contributed by atoms with Gasteiger partial charge < -0.3 is 14.7 Å². The maximum absolute atomic E-state index is 9.27. The van der Waals surface area contributed by atoms with Crippen LogP contribution in [0.25, 0.3) is 11.1 Å². The van der Waals surface area contributed by atoms with Crippen molar-refractivity contribution in [2.24, 2.45) is 0 Å². The van der Waals surface area contributed by atoms with E-state index in [4.69, 9.17) is 4.74 Å². The van der Waals surface area contributed by atoms with Crippen molar-refractivity contribution in [1.29, 1.82) is 0 Å². The van der Waals surface area contributed by atoms with Crippen LogP contribution in [-0.4, -0.2) is 37.3 Å². The van der Waals surface area contributed by atoms with Crippen molar-refractivity contribution in [1.82, 2.24) is 4.90 Å². The maximum Gasteiger partial charge on any atom is 0.119 e. The zero-order chi connectivity index (χ0) is 13.7. The van der Waals surface area contributed by atoms with Gasteiger partial charge in [-0.15, -0.1) is 0 Å². The average Bonchev–Trinajstić information content (AvgIpc) is 2.40. The Labute approximate surface area is 114 Å². The van der Waals surface area contributed by atoms with Gasteiger partial charge in [-0.25, -0.2) is 0 Å². The summed E-state index contributed by atoms with van der Waals surface area (Å²) >= 11 is 0. The van der Waals surface area contributed by atoms with Crippen molar-refractivity contribution in [3.05, 3.63) is 48.5 Å². The fourth-order valence-corrected chi connectivity index (χ4v) is 1.74. The predicted octanol–water partition coefficient (Wildman–Crippen LogP) is 3.00. The van der Waals surface area contributed by atoms with Gasteiger partial charge in [0.05, 0.1) is 0 Å². The van der Waals surface area contributed by atoms with E-state index < -0.39 is 0 Å². The molecule has 2 aromatic carbocycles. The number of benzene rings is 2. The third kappa shape index (κ3) is 4.00. The molecular weight excluding hydrogens is 238 g/mol. The number of phenolic OH excluding ortho intramolecular Hbond substituents is 1. The molecule has 0 aromatic heterocycles. The molecule has 0 unspecified atom stereocenters. The molecule has 2 rings (SSSR count). The molecular formula is C16H19NO2. The lowest BCUT2D eigenvalue weighted by Crippen LogP contribution is -2.19. The minimum absolute atomic E-state index is 0.285. The fraction of sp³-hybridized carbons (Fsp3) is 0.250. The molecule has 0 saturated heterocycles. The van der Waals surface area contributed by atoms with Gasteiger partial charge in [-0.1, -0.05) is 24.3 Å². The Morgan fingerprint density at radius 3 is 1.95 bits per heavy atom. The molecule has 0 radical (unpaired) electrons. The summed E-state index contributed by atoms with van der Waals surface area (Å²) in [7, 11) is 4.05. The van der Waals surface area contributed by atoms with Crippen LogP contribution >= 0.6 is 0 Å². The van der Waals surface area contributed by atoms with Crippen molar-refractivity contribution >= 4 is 0 Å². The fourth-order valence-electron chi connectivity index (χ4n) is 1.74. The Morgan fingerprint density at radius 1 is 0.895 bits per heavy atom. The van der Waals surface area contributed by atoms with Crippen LogP contribution in [0.1, 0.15) is 0 Å². The van der Waals surface area contributed by atoms with E-state index in [9.17, 15) is 5.11 Å². The zero-order valence-electron chi connectivity index (χ0n) is 11.3. The highest BCUT2D eigenvalue weighted by Crippen LogP contribution is 2.24. The highest BCUT2D eigenvalue weighted by Gasteiger charge is 1.99. The lowest BCUT2D eigenvalue weighted by molar-refractivity contribution is 0.261. The topological polar surface area (TPSA) is 32.7 Å². The first-order valence-electron chi connectivity index (χ1n) is 6.32. The molecule has 1 N–H and O–H groups in total. The smallest absolute Gasteiger partial charge is 0.119 e. The van der Waals surface area contributed by atoms with E-state index in [2.05, 4.69) is 4.90 Å². The summed E-state index contributed by atoms with van der Waals surface area (Å²) in [6.07, 6.45) is 0. The highest BCUT2D eigenvalue weighted by atomic mass is 16.5. The van der Waals surface area contributed by atoms with Crippen LogP contribution in [0.2, 0.25) is 0 Å². The van der Waals surface area contributed by atoms with Crippen LogP contribution in [0, 0.1) is 0 Å². The van der Waals surface area contributed by atoms with Crippen molar-refractivity contribution in [2.45, 2.75) is 0 Å². The summed E-state index contributed by atoms with van der Waals surface area (Å²) in [5.74, 6) is 1.16. The van der Waals surface area contributed by atoms with Crippen LogP contribution in [0.3, 0.4) is 0 Å². The van der Waals surface area contributed by atoms with Gasteiger partial charge in [0.1, 0.15) is 18.1 Å². The molecule has 0 saturated carbocycles. The van der Waals surface area contributed by atoms with Gasteiger partial charge in [-0.05, 0) is 49.5 Å². The maximum atomic E-state index is 9.27. The zero-order valence-corrected chi connectivity index (χ0v) is 11.3. The monoisotopic (exact) mass is 257 g/mol. The molecule has 0 heterocycles. The number of rotatable bonds is 5. The summed E-state index contributed by atoms with van der Waals surface area (Å²) < 4.78 is 5.65. The predicted molar refractivity (Wildman–Crippen MR) is 77.6 cm³/mol. The van der Waals surface area contributed by atoms with E-state index in [0.717, 1.165) is 23.4 Å². The lowest BCUT2D eigenvalue weighted by Gasteiger charge is -2.11. The number of nitrogens with zero attached hydrogens (tertiary/aromatic N) is 1. The second kappa shape index (κ2) is 6.25. The van der Waals surface area contributed by atoms with E-state index >= 15 is 0 Å². The largest absolute Gasteiger partial charge is 0.508 e. The van der Waals surface area contributed by atoms with Crippen molar-refractivity contribution in [2.75, 3.05) is 27.2 Å². The highest BCUT2D eigenvalue weighted by molar-refractivity contribution is 5.64. The van der Waals surface area contributed by atoms with E-state index in [0.29, 0.717) is 6.61 Å². The van der Waals surface area contributed by atoms with Crippen molar-refractivity contribution in [3.8, 4) is 22.6 Å². The average molecular weight is 257 g/mol. The van der Waals surface area contributed by atoms with E-state index in [-0.39, 0.29) is 5.75 Å². The van der Waals surface area contributed by atoms with Crippen LogP contribution in [-0.2, 0) is 0 Å². The van der Waals surface area contributed by atoms with Gasteiger partial charge in [0.15, 0.2) is 0 Å². The first-order chi connectivity index (χ1) is 9.15. The number of likely N-dealkylation sites (N-methyl/N-ethyl adjacent to an activating group) is 1. The van der Waals surface area contributed by atoms with E-state index in [1.807, 2.05) is 50.5 Å². The summed E-state index contributed by atoms with van der Waals surface area (Å²) in [5.41, 5.74) is 2.19. The normalized spacial score (nSPS) is 10.7. The van der Waals surface area contributed by atoms with Crippen molar-refractivity contribution < 1.29 is 9.84 Å². The quantitative estimate of drug-likeness (QED) is 0.893. The Balaban J connectivity index is 2.00. The van der Waals surface area contributed by atoms with Crippen molar-refractivity contribution in [3.63, 3.8) is 0 Å². The summed E-state index contributed by atoms with van der Waals surface area (Å²) in [6.45, 7) is 1.59. The van der Waals surface area contributed by atoms with Gasteiger partial charge in [0.2, 0.25) is 0 Å². The molecule has 3 heteroatoms. The Morgan fingerprint density at radius 2 is 1.42 bits per heavy atom. The summed E-state index contributed by atoms with van der Waals surface area (Å²) in [4.78, 5) is 2.09. The lowest BCUT2D eigenvalue weighted by atomic mass is 10.1. The van der Waals surface area contributed by atoms with Crippen LogP contribution in [0.15, 0.2) is 48.5 Å². The van der Waals surface area contributed by atoms with E-state index in [1.54, 1.807) is 12.1 Å². The van der Waals surface area contributed by atoms with Gasteiger partial charge in [0.25, 0.3) is 0 Å². The minimum atomic E-state index is 0.285. The summed E-state index contributed by atoms with van der Waals surface area (Å²) in [6, 6.07) is 15.2. The summed E-state index contributed by atoms with van der Waals surface area (Å²) in [5, 5.41) is 9.27. The molecule has 100 valence electrons. The molecule has 0 aliphatic heterocycles. The van der Waals surface area contributed by atoms with Gasteiger partial charge in [-0.3, -0.25) is 0 Å². The standard InChI is InChI=1S/C16H19NO2/c1-17(2)11-12-19-16-9-5-14(6-10-16)13-3-7-15(18)8-4-13/h3-10,18H,11-12H2,1-2H3. The number of ether oxygens (including phenoxy) is 1. The van der Waals surface area contributed by atoms with Gasteiger partial charge >= 0.3 is 0 Å². The first kappa shape index (κ1) is 13.4. The Kier molecular flexibility index (Phi) is 4.42. The number of phenols is 1. The third-order valence-electron chi connectivity index (χ3n) is 2.86. The minimum Gasteiger partial charge on any atom is -0.508 e. The molecule has 3 nitrogen and oxygen atoms in total. The van der Waals surface area contributed by atoms with Gasteiger partial charge in [0, 0.05) is 6.54 Å². The van der Waals surface area contributed by atoms with Crippen LogP contribution in [0.5, 0.6) is 11.5 Å². The molecule has 0 aliphatic carbocycles. The SMILES string of the molecule is CN(C)CCOc1ccc(-c2ccc(O)cc2)cc1. The molecule has 19 heavy (non-hydrogen) atoms. The molecule has 0 fully saturated rings. The van der Waals surface area contributed by atoms with Gasteiger partial charge in [-0.2, -0.15) is 0 Å². The molecule has 0 amide bonds.